The summed E-state index contributed by atoms with van der Waals surface area (Å²) in [5, 5.41) is 13.0. The lowest BCUT2D eigenvalue weighted by Gasteiger charge is -2.21. The van der Waals surface area contributed by atoms with Crippen LogP contribution in [0.25, 0.3) is 0 Å². The van der Waals surface area contributed by atoms with Crippen molar-refractivity contribution >= 4 is 19.5 Å². The lowest BCUT2D eigenvalue weighted by atomic mass is 10.2. The number of amides is 3. The van der Waals surface area contributed by atoms with Crippen molar-refractivity contribution in [3.8, 4) is 6.07 Å². The predicted octanol–water partition coefficient (Wildman–Crippen LogP) is 1.22. The van der Waals surface area contributed by atoms with Crippen LogP contribution in [0, 0.1) is 11.3 Å². The maximum absolute atomic E-state index is 12.4. The highest BCUT2D eigenvalue weighted by atomic mass is 31.2. The molecule has 0 aliphatic carbocycles. The standard InChI is InChI=1S/C10H14N3O5P/c1-3-17-19(16,18-4-2)8(6-11)7-5-9(14)13-10(15)12-7/h3-5H2,1-2H3,(H2,12,13,14,15)/b8-7-. The van der Waals surface area contributed by atoms with Gasteiger partial charge in [-0.25, -0.2) is 4.79 Å². The molecular weight excluding hydrogens is 273 g/mol. The fourth-order valence-corrected chi connectivity index (χ4v) is 3.09. The lowest BCUT2D eigenvalue weighted by Crippen LogP contribution is -2.45. The number of hydrogen-bond donors (Lipinski definition) is 2. The van der Waals surface area contributed by atoms with Crippen molar-refractivity contribution in [1.82, 2.24) is 10.6 Å². The van der Waals surface area contributed by atoms with Gasteiger partial charge in [-0.05, 0) is 13.8 Å². The maximum atomic E-state index is 12.4. The summed E-state index contributed by atoms with van der Waals surface area (Å²) in [5.41, 5.74) is -0.0542. The molecule has 0 radical (unpaired) electrons. The molecule has 0 bridgehead atoms. The predicted molar refractivity (Wildman–Crippen MR) is 64.8 cm³/mol. The van der Waals surface area contributed by atoms with E-state index in [4.69, 9.17) is 14.3 Å². The van der Waals surface area contributed by atoms with Crippen LogP contribution in [0.1, 0.15) is 20.3 Å². The SMILES string of the molecule is CCOP(=O)(OCC)/C(C#N)=C1/CC(=O)NC(=O)N1. The Hall–Kier alpha value is -1.68. The average Bonchev–Trinajstić information content (AvgIpc) is 2.28. The number of rotatable bonds is 5. The number of urea groups is 1. The number of nitrogens with zero attached hydrogens (tertiary/aromatic N) is 1. The van der Waals surface area contributed by atoms with E-state index in [2.05, 4.69) is 5.32 Å². The Morgan fingerprint density at radius 3 is 2.32 bits per heavy atom. The molecule has 1 heterocycles. The quantitative estimate of drug-likeness (QED) is 0.579. The van der Waals surface area contributed by atoms with E-state index in [0.29, 0.717) is 0 Å². The van der Waals surface area contributed by atoms with Crippen LogP contribution in [0.4, 0.5) is 4.79 Å². The zero-order valence-corrected chi connectivity index (χ0v) is 11.5. The summed E-state index contributed by atoms with van der Waals surface area (Å²) in [5.74, 6) is -0.592. The van der Waals surface area contributed by atoms with Gasteiger partial charge in [-0.2, -0.15) is 5.26 Å². The van der Waals surface area contributed by atoms with E-state index in [1.165, 1.54) is 0 Å². The Bertz CT molecular complexity index is 480. The first-order valence-corrected chi connectivity index (χ1v) is 7.14. The zero-order valence-electron chi connectivity index (χ0n) is 10.6. The van der Waals surface area contributed by atoms with Gasteiger partial charge in [0.15, 0.2) is 5.31 Å². The van der Waals surface area contributed by atoms with Crippen LogP contribution in [-0.2, 0) is 18.4 Å². The molecule has 1 aliphatic heterocycles. The molecule has 0 unspecified atom stereocenters. The van der Waals surface area contributed by atoms with Gasteiger partial charge in [0.25, 0.3) is 0 Å². The van der Waals surface area contributed by atoms with Gasteiger partial charge in [-0.15, -0.1) is 0 Å². The monoisotopic (exact) mass is 287 g/mol. The van der Waals surface area contributed by atoms with Gasteiger partial charge in [0.05, 0.1) is 25.3 Å². The summed E-state index contributed by atoms with van der Waals surface area (Å²) < 4.78 is 22.5. The fourth-order valence-electron chi connectivity index (χ4n) is 1.49. The van der Waals surface area contributed by atoms with Crippen molar-refractivity contribution in [2.75, 3.05) is 13.2 Å². The van der Waals surface area contributed by atoms with Crippen molar-refractivity contribution < 1.29 is 23.2 Å². The van der Waals surface area contributed by atoms with Crippen LogP contribution in [0.3, 0.4) is 0 Å². The zero-order chi connectivity index (χ0) is 14.5. The van der Waals surface area contributed by atoms with Crippen molar-refractivity contribution in [2.24, 2.45) is 0 Å². The number of nitriles is 1. The molecule has 0 aromatic heterocycles. The number of allylic oxidation sites excluding steroid dienone is 1. The Kier molecular flexibility index (Phi) is 5.24. The summed E-state index contributed by atoms with van der Waals surface area (Å²) in [6.45, 7) is 3.32. The minimum Gasteiger partial charge on any atom is -0.309 e. The third-order valence-corrected chi connectivity index (χ3v) is 4.23. The minimum atomic E-state index is -3.83. The van der Waals surface area contributed by atoms with Gasteiger partial charge in [-0.1, -0.05) is 0 Å². The first-order chi connectivity index (χ1) is 8.96. The second kappa shape index (κ2) is 6.48. The maximum Gasteiger partial charge on any atom is 0.373 e. The highest BCUT2D eigenvalue weighted by Crippen LogP contribution is 2.56. The van der Waals surface area contributed by atoms with E-state index >= 15 is 0 Å². The Morgan fingerprint density at radius 1 is 1.32 bits per heavy atom. The van der Waals surface area contributed by atoms with E-state index in [-0.39, 0.29) is 30.6 Å². The second-order valence-corrected chi connectivity index (χ2v) is 5.41. The van der Waals surface area contributed by atoms with Crippen molar-refractivity contribution in [1.29, 1.82) is 5.26 Å². The molecule has 0 aromatic rings. The summed E-state index contributed by atoms with van der Waals surface area (Å²) in [6, 6.07) is 0.916. The molecule has 9 heteroatoms. The first kappa shape index (κ1) is 15.4. The molecule has 19 heavy (non-hydrogen) atoms. The molecular formula is C10H14N3O5P. The lowest BCUT2D eigenvalue weighted by molar-refractivity contribution is -0.119. The van der Waals surface area contributed by atoms with Gasteiger partial charge in [0.2, 0.25) is 5.91 Å². The van der Waals surface area contributed by atoms with Crippen molar-refractivity contribution in [3.63, 3.8) is 0 Å². The van der Waals surface area contributed by atoms with Gasteiger partial charge in [0, 0.05) is 0 Å². The Morgan fingerprint density at radius 2 is 1.89 bits per heavy atom. The van der Waals surface area contributed by atoms with E-state index < -0.39 is 19.5 Å². The third-order valence-electron chi connectivity index (χ3n) is 2.12. The van der Waals surface area contributed by atoms with Crippen LogP contribution in [0.15, 0.2) is 11.0 Å². The smallest absolute Gasteiger partial charge is 0.309 e. The molecule has 3 amide bonds. The minimum absolute atomic E-state index is 0.0542. The highest BCUT2D eigenvalue weighted by Gasteiger charge is 2.35. The molecule has 0 atom stereocenters. The number of carbonyl (C=O) groups is 2. The van der Waals surface area contributed by atoms with Crippen LogP contribution in [0.5, 0.6) is 0 Å². The van der Waals surface area contributed by atoms with E-state index in [1.807, 2.05) is 5.32 Å². The largest absolute Gasteiger partial charge is 0.373 e. The fraction of sp³-hybridized carbons (Fsp3) is 0.500. The molecule has 1 saturated heterocycles. The molecule has 104 valence electrons. The number of hydrogen-bond acceptors (Lipinski definition) is 6. The normalized spacial score (nSPS) is 18.4. The van der Waals surface area contributed by atoms with Gasteiger partial charge in [0.1, 0.15) is 6.07 Å². The molecule has 0 saturated carbocycles. The van der Waals surface area contributed by atoms with E-state index in [0.717, 1.165) is 0 Å². The van der Waals surface area contributed by atoms with Gasteiger partial charge >= 0.3 is 13.6 Å². The summed E-state index contributed by atoms with van der Waals surface area (Å²) in [4.78, 5) is 22.4. The molecule has 0 aromatic carbocycles. The van der Waals surface area contributed by atoms with E-state index in [1.54, 1.807) is 19.9 Å². The summed E-state index contributed by atoms with van der Waals surface area (Å²) >= 11 is 0. The summed E-state index contributed by atoms with van der Waals surface area (Å²) in [6.07, 6.45) is -0.265. The van der Waals surface area contributed by atoms with Crippen LogP contribution < -0.4 is 10.6 Å². The highest BCUT2D eigenvalue weighted by molar-refractivity contribution is 7.59. The average molecular weight is 287 g/mol. The topological polar surface area (TPSA) is 118 Å². The molecule has 2 N–H and O–H groups in total. The van der Waals surface area contributed by atoms with E-state index in [9.17, 15) is 14.2 Å². The van der Waals surface area contributed by atoms with Crippen LogP contribution in [0.2, 0.25) is 0 Å². The number of nitrogens with one attached hydrogen (secondary N) is 2. The van der Waals surface area contributed by atoms with Crippen molar-refractivity contribution in [2.45, 2.75) is 20.3 Å². The van der Waals surface area contributed by atoms with Crippen LogP contribution >= 0.6 is 7.60 Å². The molecule has 8 nitrogen and oxygen atoms in total. The van der Waals surface area contributed by atoms with Gasteiger partial charge in [-0.3, -0.25) is 14.7 Å². The molecule has 1 rings (SSSR count). The Balaban J connectivity index is 3.22. The molecule has 1 aliphatic rings. The Labute approximate surface area is 110 Å². The van der Waals surface area contributed by atoms with Crippen LogP contribution in [-0.4, -0.2) is 25.2 Å². The number of imide groups is 1. The first-order valence-electron chi connectivity index (χ1n) is 5.60. The molecule has 1 fully saturated rings. The molecule has 0 spiro atoms. The summed E-state index contributed by atoms with van der Waals surface area (Å²) in [7, 11) is -3.83. The van der Waals surface area contributed by atoms with Gasteiger partial charge < -0.3 is 14.4 Å². The second-order valence-electron chi connectivity index (χ2n) is 3.45. The number of carbonyl (C=O) groups excluding carboxylic acids is 2. The third kappa shape index (κ3) is 3.64. The van der Waals surface area contributed by atoms with Crippen molar-refractivity contribution in [3.05, 3.63) is 11.0 Å².